The minimum Gasteiger partial charge on any atom is -0.478 e. The normalized spacial score (nSPS) is 12.4. The van der Waals surface area contributed by atoms with Gasteiger partial charge in [-0.15, -0.1) is 0 Å². The molecular weight excluding hydrogens is 220 g/mol. The van der Waals surface area contributed by atoms with Crippen molar-refractivity contribution in [2.75, 3.05) is 7.05 Å². The van der Waals surface area contributed by atoms with Crippen molar-refractivity contribution >= 4 is 11.9 Å². The molecule has 0 bridgehead atoms. The van der Waals surface area contributed by atoms with Crippen LogP contribution >= 0.6 is 0 Å². The Morgan fingerprint density at radius 2 is 1.88 bits per heavy atom. The molecule has 0 aliphatic carbocycles. The fourth-order valence-corrected chi connectivity index (χ4v) is 1.39. The van der Waals surface area contributed by atoms with Gasteiger partial charge in [-0.25, -0.2) is 4.79 Å². The molecule has 0 heterocycles. The van der Waals surface area contributed by atoms with Crippen LogP contribution in [0.3, 0.4) is 0 Å². The van der Waals surface area contributed by atoms with Crippen molar-refractivity contribution in [3.05, 3.63) is 35.4 Å². The molecule has 0 radical (unpaired) electrons. The van der Waals surface area contributed by atoms with E-state index in [1.807, 2.05) is 0 Å². The van der Waals surface area contributed by atoms with Gasteiger partial charge in [-0.3, -0.25) is 9.69 Å². The summed E-state index contributed by atoms with van der Waals surface area (Å²) in [4.78, 5) is 23.4. The van der Waals surface area contributed by atoms with Crippen LogP contribution in [0.25, 0.3) is 0 Å². The summed E-state index contributed by atoms with van der Waals surface area (Å²) in [6, 6.07) is 6.19. The van der Waals surface area contributed by atoms with Crippen molar-refractivity contribution in [1.82, 2.24) is 4.90 Å². The van der Waals surface area contributed by atoms with Crippen LogP contribution in [0.1, 0.15) is 22.8 Å². The van der Waals surface area contributed by atoms with Crippen molar-refractivity contribution < 1.29 is 14.7 Å². The number of rotatable bonds is 5. The van der Waals surface area contributed by atoms with Gasteiger partial charge in [0.1, 0.15) is 0 Å². The number of amides is 1. The summed E-state index contributed by atoms with van der Waals surface area (Å²) in [6.45, 7) is 2.28. The first-order valence-electron chi connectivity index (χ1n) is 5.23. The highest BCUT2D eigenvalue weighted by Crippen LogP contribution is 2.08. The van der Waals surface area contributed by atoms with Crippen LogP contribution in [0.5, 0.6) is 0 Å². The van der Waals surface area contributed by atoms with E-state index in [0.717, 1.165) is 5.56 Å². The van der Waals surface area contributed by atoms with Crippen molar-refractivity contribution in [2.24, 2.45) is 5.73 Å². The number of carbonyl (C=O) groups excluding carboxylic acids is 1. The number of hydrogen-bond donors (Lipinski definition) is 2. The maximum atomic E-state index is 11.0. The number of likely N-dealkylation sites (N-methyl/N-ethyl adjacent to an activating group) is 1. The van der Waals surface area contributed by atoms with E-state index < -0.39 is 5.97 Å². The highest BCUT2D eigenvalue weighted by molar-refractivity contribution is 5.87. The molecule has 0 aliphatic rings. The molecule has 0 aromatic heterocycles. The highest BCUT2D eigenvalue weighted by Gasteiger charge is 2.14. The lowest BCUT2D eigenvalue weighted by atomic mass is 10.1. The molecule has 1 unspecified atom stereocenters. The summed E-state index contributed by atoms with van der Waals surface area (Å²) in [6.07, 6.45) is 0. The zero-order valence-corrected chi connectivity index (χ0v) is 9.88. The lowest BCUT2D eigenvalue weighted by Crippen LogP contribution is -2.39. The van der Waals surface area contributed by atoms with Gasteiger partial charge >= 0.3 is 5.97 Å². The van der Waals surface area contributed by atoms with E-state index in [2.05, 4.69) is 0 Å². The second-order valence-electron chi connectivity index (χ2n) is 4.00. The number of nitrogens with two attached hydrogens (primary N) is 1. The number of primary amides is 1. The molecular formula is C12H16N2O3. The maximum Gasteiger partial charge on any atom is 0.335 e. The number of carboxylic acid groups (broad SMARTS) is 1. The molecule has 1 amide bonds. The Morgan fingerprint density at radius 1 is 1.35 bits per heavy atom. The molecule has 1 aromatic rings. The fraction of sp³-hybridized carbons (Fsp3) is 0.333. The molecule has 1 rings (SSSR count). The van der Waals surface area contributed by atoms with Gasteiger partial charge in [0.05, 0.1) is 11.6 Å². The second-order valence-corrected chi connectivity index (χ2v) is 4.00. The fourth-order valence-electron chi connectivity index (χ4n) is 1.39. The zero-order valence-electron chi connectivity index (χ0n) is 9.88. The van der Waals surface area contributed by atoms with Gasteiger partial charge in [-0.2, -0.15) is 0 Å². The summed E-state index contributed by atoms with van der Waals surface area (Å²) in [5.74, 6) is -1.33. The molecule has 0 fully saturated rings. The average molecular weight is 236 g/mol. The van der Waals surface area contributed by atoms with Crippen molar-refractivity contribution in [3.8, 4) is 0 Å². The van der Waals surface area contributed by atoms with Gasteiger partial charge in [-0.1, -0.05) is 12.1 Å². The molecule has 17 heavy (non-hydrogen) atoms. The Bertz CT molecular complexity index is 414. The Kier molecular flexibility index (Phi) is 4.23. The van der Waals surface area contributed by atoms with Crippen molar-refractivity contribution in [2.45, 2.75) is 19.5 Å². The van der Waals surface area contributed by atoms with Crippen LogP contribution in [0.2, 0.25) is 0 Å². The standard InChI is InChI=1S/C12H16N2O3/c1-8(11(13)15)14(2)7-9-3-5-10(6-4-9)12(16)17/h3-6,8H,7H2,1-2H3,(H2,13,15)(H,16,17). The Morgan fingerprint density at radius 3 is 2.29 bits per heavy atom. The minimum atomic E-state index is -0.949. The number of nitrogens with zero attached hydrogens (tertiary/aromatic N) is 1. The third-order valence-electron chi connectivity index (χ3n) is 2.71. The molecule has 0 saturated carbocycles. The number of carbonyl (C=O) groups is 2. The van der Waals surface area contributed by atoms with E-state index in [1.54, 1.807) is 43.1 Å². The van der Waals surface area contributed by atoms with Gasteiger partial charge in [0.25, 0.3) is 0 Å². The van der Waals surface area contributed by atoms with Gasteiger partial charge in [0, 0.05) is 6.54 Å². The first-order valence-corrected chi connectivity index (χ1v) is 5.23. The molecule has 5 nitrogen and oxygen atoms in total. The summed E-state index contributed by atoms with van der Waals surface area (Å²) in [5.41, 5.74) is 6.38. The number of aromatic carboxylic acids is 1. The van der Waals surface area contributed by atoms with E-state index in [4.69, 9.17) is 10.8 Å². The van der Waals surface area contributed by atoms with Crippen LogP contribution < -0.4 is 5.73 Å². The quantitative estimate of drug-likeness (QED) is 0.787. The van der Waals surface area contributed by atoms with E-state index in [0.29, 0.717) is 6.54 Å². The molecule has 1 atom stereocenters. The highest BCUT2D eigenvalue weighted by atomic mass is 16.4. The molecule has 5 heteroatoms. The van der Waals surface area contributed by atoms with Gasteiger partial charge in [-0.05, 0) is 31.7 Å². The zero-order chi connectivity index (χ0) is 13.0. The van der Waals surface area contributed by atoms with Gasteiger partial charge in [0.2, 0.25) is 5.91 Å². The summed E-state index contributed by atoms with van der Waals surface area (Å²) < 4.78 is 0. The van der Waals surface area contributed by atoms with Crippen LogP contribution in [0.4, 0.5) is 0 Å². The number of benzene rings is 1. The first-order chi connectivity index (χ1) is 7.91. The number of hydrogen-bond acceptors (Lipinski definition) is 3. The van der Waals surface area contributed by atoms with Gasteiger partial charge in [0.15, 0.2) is 0 Å². The maximum absolute atomic E-state index is 11.0. The van der Waals surface area contributed by atoms with Crippen LogP contribution in [-0.2, 0) is 11.3 Å². The molecule has 1 aromatic carbocycles. The largest absolute Gasteiger partial charge is 0.478 e. The average Bonchev–Trinajstić information content (AvgIpc) is 2.28. The van der Waals surface area contributed by atoms with E-state index >= 15 is 0 Å². The SMILES string of the molecule is CC(C(N)=O)N(C)Cc1ccc(C(=O)O)cc1. The number of carboxylic acids is 1. The van der Waals surface area contributed by atoms with Crippen LogP contribution in [0.15, 0.2) is 24.3 Å². The predicted molar refractivity (Wildman–Crippen MR) is 63.5 cm³/mol. The lowest BCUT2D eigenvalue weighted by Gasteiger charge is -2.21. The van der Waals surface area contributed by atoms with Gasteiger partial charge < -0.3 is 10.8 Å². The molecule has 0 aliphatic heterocycles. The van der Waals surface area contributed by atoms with E-state index in [1.165, 1.54) is 0 Å². The minimum absolute atomic E-state index is 0.249. The molecule has 92 valence electrons. The third-order valence-corrected chi connectivity index (χ3v) is 2.71. The van der Waals surface area contributed by atoms with Crippen molar-refractivity contribution in [3.63, 3.8) is 0 Å². The van der Waals surface area contributed by atoms with Crippen LogP contribution in [-0.4, -0.2) is 35.0 Å². The van der Waals surface area contributed by atoms with E-state index in [9.17, 15) is 9.59 Å². The Balaban J connectivity index is 2.69. The Hall–Kier alpha value is -1.88. The second kappa shape index (κ2) is 5.45. The van der Waals surface area contributed by atoms with Crippen LogP contribution in [0, 0.1) is 0 Å². The Labute approximate surface area is 99.8 Å². The molecule has 3 N–H and O–H groups in total. The summed E-state index contributed by atoms with van der Waals surface area (Å²) in [5, 5.41) is 8.75. The predicted octanol–water partition coefficient (Wildman–Crippen LogP) is 0.690. The lowest BCUT2D eigenvalue weighted by molar-refractivity contribution is -0.122. The first kappa shape index (κ1) is 13.2. The summed E-state index contributed by atoms with van der Waals surface area (Å²) in [7, 11) is 1.79. The van der Waals surface area contributed by atoms with E-state index in [-0.39, 0.29) is 17.5 Å². The topological polar surface area (TPSA) is 83.6 Å². The monoisotopic (exact) mass is 236 g/mol. The van der Waals surface area contributed by atoms with Crippen molar-refractivity contribution in [1.29, 1.82) is 0 Å². The summed E-state index contributed by atoms with van der Waals surface area (Å²) >= 11 is 0. The third kappa shape index (κ3) is 3.57. The molecule has 0 saturated heterocycles. The smallest absolute Gasteiger partial charge is 0.335 e. The molecule has 0 spiro atoms.